The summed E-state index contributed by atoms with van der Waals surface area (Å²) < 4.78 is 53.6. The van der Waals surface area contributed by atoms with Crippen molar-refractivity contribution in [2.75, 3.05) is 39.3 Å². The van der Waals surface area contributed by atoms with E-state index in [1.54, 1.807) is 14.2 Å². The third-order valence-electron chi connectivity index (χ3n) is 11.8. The summed E-state index contributed by atoms with van der Waals surface area (Å²) in [6, 6.07) is 5.84. The smallest absolute Gasteiger partial charge is 0.417 e. The Bertz CT molecular complexity index is 1300. The molecule has 4 bridgehead atoms. The lowest BCUT2D eigenvalue weighted by molar-refractivity contribution is -0.265. The third kappa shape index (κ3) is 9.52. The van der Waals surface area contributed by atoms with Gasteiger partial charge < -0.3 is 30.2 Å². The summed E-state index contributed by atoms with van der Waals surface area (Å²) in [6.07, 6.45) is 6.85. The lowest BCUT2D eigenvalue weighted by Crippen LogP contribution is -2.44. The number of alkyl halides is 3. The number of carbonyl (C=O) groups is 2. The number of nitrogens with zero attached hydrogens (tertiary/aromatic N) is 1. The minimum atomic E-state index is -4.34. The van der Waals surface area contributed by atoms with Gasteiger partial charge in [-0.15, -0.1) is 0 Å². The zero-order valence-corrected chi connectivity index (χ0v) is 30.8. The summed E-state index contributed by atoms with van der Waals surface area (Å²) in [4.78, 5) is 27.2. The number of ether oxygens (including phenoxy) is 3. The molecule has 0 spiro atoms. The minimum absolute atomic E-state index is 0.0365. The number of amides is 2. The van der Waals surface area contributed by atoms with Gasteiger partial charge in [0, 0.05) is 38.4 Å². The van der Waals surface area contributed by atoms with Crippen LogP contribution in [0.3, 0.4) is 0 Å². The normalized spacial score (nSPS) is 32.7. The maximum Gasteiger partial charge on any atom is 0.417 e. The molecule has 6 rings (SSSR count). The van der Waals surface area contributed by atoms with Crippen LogP contribution in [-0.2, 0) is 14.3 Å². The van der Waals surface area contributed by atoms with Gasteiger partial charge in [-0.2, -0.15) is 13.2 Å². The van der Waals surface area contributed by atoms with E-state index < -0.39 is 17.3 Å². The molecule has 5 fully saturated rings. The van der Waals surface area contributed by atoms with Crippen molar-refractivity contribution in [1.29, 1.82) is 0 Å². The van der Waals surface area contributed by atoms with Gasteiger partial charge in [0.05, 0.1) is 30.7 Å². The van der Waals surface area contributed by atoms with Crippen molar-refractivity contribution in [3.8, 4) is 5.75 Å². The topological polar surface area (TPSA) is 110 Å². The number of anilines is 1. The Morgan fingerprint density at radius 3 is 2.42 bits per heavy atom. The molecular formula is C38H59F3N4O5. The van der Waals surface area contributed by atoms with E-state index in [1.165, 1.54) is 51.4 Å². The second-order valence-electron chi connectivity index (χ2n) is 15.1. The Morgan fingerprint density at radius 2 is 1.86 bits per heavy atom. The number of unbranched alkanes of at least 4 members (excludes halogenated alkanes) is 1. The van der Waals surface area contributed by atoms with Gasteiger partial charge >= 0.3 is 6.18 Å². The molecule has 2 saturated heterocycles. The molecule has 1 aromatic carbocycles. The molecular weight excluding hydrogens is 649 g/mol. The average molecular weight is 709 g/mol. The van der Waals surface area contributed by atoms with Crippen molar-refractivity contribution in [2.45, 2.75) is 122 Å². The average Bonchev–Trinajstić information content (AvgIpc) is 3.90. The van der Waals surface area contributed by atoms with Crippen LogP contribution in [0, 0.1) is 29.6 Å². The van der Waals surface area contributed by atoms with Crippen molar-refractivity contribution in [2.24, 2.45) is 34.6 Å². The number of hydrogen-bond acceptors (Lipinski definition) is 6. The Balaban J connectivity index is 0.000000184. The largest absolute Gasteiger partial charge is 0.496 e. The first-order valence-corrected chi connectivity index (χ1v) is 18.5. The number of hydrogen-bond donors (Lipinski definition) is 3. The van der Waals surface area contributed by atoms with E-state index in [0.29, 0.717) is 36.0 Å². The van der Waals surface area contributed by atoms with Gasteiger partial charge in [-0.1, -0.05) is 40.0 Å². The number of fused-ring (bicyclic) bond motifs is 4. The zero-order chi connectivity index (χ0) is 36.5. The number of benzene rings is 1. The molecule has 2 amide bonds. The predicted octanol–water partition coefficient (Wildman–Crippen LogP) is 7.55. The standard InChI is InChI=1S/C19H27N3O2.C11H22O.C8H10F3NO2/c1-11-13-5-6-14(9-13)18(11)22-19(23)16-10-15(21-12(2)20-3)7-8-17(16)24-4;1-3-5-6-11-7-10(4-2)8-12-9-11;9-8(10,11)7-2-1-6(3-7,4-14-7)12-5-13/h7-8,10-11,13-14,18H,5-6,9H2,1-4H3,(H,20,21)(H,22,23);10-11H,3-9H2,1-2H3;5H,1-4H2,(H,12,13)/t11?,13-,14?,18?;;/m1../s1. The number of nitrogens with one attached hydrogen (secondary N) is 3. The highest BCUT2D eigenvalue weighted by molar-refractivity contribution is 6.00. The van der Waals surface area contributed by atoms with E-state index in [2.05, 4.69) is 41.7 Å². The molecule has 1 aromatic rings. The third-order valence-corrected chi connectivity index (χ3v) is 11.8. The fourth-order valence-electron chi connectivity index (χ4n) is 8.57. The molecule has 0 radical (unpaired) electrons. The van der Waals surface area contributed by atoms with Gasteiger partial charge in [0.25, 0.3) is 5.91 Å². The maximum absolute atomic E-state index is 12.9. The summed E-state index contributed by atoms with van der Waals surface area (Å²) >= 11 is 0. The van der Waals surface area contributed by atoms with Gasteiger partial charge in [-0.3, -0.25) is 14.6 Å². The van der Waals surface area contributed by atoms with Crippen molar-refractivity contribution in [3.63, 3.8) is 0 Å². The Kier molecular flexibility index (Phi) is 14.0. The second-order valence-corrected chi connectivity index (χ2v) is 15.1. The minimum Gasteiger partial charge on any atom is -0.496 e. The van der Waals surface area contributed by atoms with Crippen LogP contribution in [0.2, 0.25) is 0 Å². The van der Waals surface area contributed by atoms with Gasteiger partial charge in [-0.25, -0.2) is 0 Å². The first kappa shape index (κ1) is 39.9. The molecule has 5 aliphatic rings. The van der Waals surface area contributed by atoms with E-state index in [-0.39, 0.29) is 31.4 Å². The van der Waals surface area contributed by atoms with E-state index >= 15 is 0 Å². The van der Waals surface area contributed by atoms with Gasteiger partial charge in [0.15, 0.2) is 5.60 Å². The lowest BCUT2D eigenvalue weighted by Gasteiger charge is -2.29. The molecule has 2 heterocycles. The molecule has 8 atom stereocenters. The quantitative estimate of drug-likeness (QED) is 0.132. The summed E-state index contributed by atoms with van der Waals surface area (Å²) in [5.41, 5.74) is -1.38. The van der Waals surface area contributed by atoms with Crippen LogP contribution in [0.5, 0.6) is 5.75 Å². The van der Waals surface area contributed by atoms with Crippen molar-refractivity contribution >= 4 is 23.8 Å². The number of rotatable bonds is 10. The molecule has 0 aromatic heterocycles. The van der Waals surface area contributed by atoms with E-state index in [1.807, 2.05) is 25.1 Å². The van der Waals surface area contributed by atoms with Crippen molar-refractivity contribution < 1.29 is 37.0 Å². The number of carbonyl (C=O) groups excluding carboxylic acids is 2. The highest BCUT2D eigenvalue weighted by atomic mass is 19.4. The van der Waals surface area contributed by atoms with Gasteiger partial charge in [0.1, 0.15) is 5.75 Å². The van der Waals surface area contributed by atoms with Crippen LogP contribution in [-0.4, -0.2) is 75.5 Å². The summed E-state index contributed by atoms with van der Waals surface area (Å²) in [5, 5.41) is 8.89. The van der Waals surface area contributed by atoms with Crippen LogP contribution in [0.4, 0.5) is 18.9 Å². The van der Waals surface area contributed by atoms with Crippen LogP contribution in [0.15, 0.2) is 23.2 Å². The molecule has 3 saturated carbocycles. The zero-order valence-electron chi connectivity index (χ0n) is 30.8. The lowest BCUT2D eigenvalue weighted by atomic mass is 9.86. The van der Waals surface area contributed by atoms with E-state index in [0.717, 1.165) is 42.5 Å². The van der Waals surface area contributed by atoms with Gasteiger partial charge in [-0.05, 0) is 99.7 Å². The maximum atomic E-state index is 12.9. The monoisotopic (exact) mass is 708 g/mol. The predicted molar refractivity (Wildman–Crippen MR) is 190 cm³/mol. The molecule has 9 nitrogen and oxygen atoms in total. The first-order valence-electron chi connectivity index (χ1n) is 18.5. The number of methoxy groups -OCH3 is 1. The van der Waals surface area contributed by atoms with Crippen molar-refractivity contribution in [1.82, 2.24) is 10.6 Å². The van der Waals surface area contributed by atoms with Crippen LogP contribution in [0.1, 0.15) is 109 Å². The van der Waals surface area contributed by atoms with Gasteiger partial charge in [0.2, 0.25) is 6.41 Å². The molecule has 3 aliphatic carbocycles. The molecule has 7 unspecified atom stereocenters. The first-order chi connectivity index (χ1) is 23.8. The highest BCUT2D eigenvalue weighted by Crippen LogP contribution is 2.54. The van der Waals surface area contributed by atoms with Crippen LogP contribution in [0.25, 0.3) is 0 Å². The van der Waals surface area contributed by atoms with Crippen LogP contribution < -0.4 is 20.7 Å². The van der Waals surface area contributed by atoms with Crippen molar-refractivity contribution in [3.05, 3.63) is 23.8 Å². The molecule has 2 aliphatic heterocycles. The molecule has 12 heteroatoms. The summed E-state index contributed by atoms with van der Waals surface area (Å²) in [5.74, 6) is 5.03. The Hall–Kier alpha value is -2.86. The fourth-order valence-corrected chi connectivity index (χ4v) is 8.57. The molecule has 282 valence electrons. The molecule has 3 N–H and O–H groups in total. The highest BCUT2D eigenvalue weighted by Gasteiger charge is 2.68. The number of amidine groups is 1. The number of halogens is 3. The van der Waals surface area contributed by atoms with E-state index in [9.17, 15) is 22.8 Å². The molecule has 50 heavy (non-hydrogen) atoms. The fraction of sp³-hybridized carbons (Fsp3) is 0.763. The summed E-state index contributed by atoms with van der Waals surface area (Å²) in [7, 11) is 3.33. The second kappa shape index (κ2) is 17.6. The van der Waals surface area contributed by atoms with Crippen LogP contribution >= 0.6 is 0 Å². The summed E-state index contributed by atoms with van der Waals surface area (Å²) in [6.45, 7) is 10.7. The van der Waals surface area contributed by atoms with E-state index in [4.69, 9.17) is 14.2 Å². The SMILES string of the molecule is CCCCC1COCC(CC)C1.CN=C(C)Nc1ccc(OC)c(C(=O)NC2C3CC[C@H](C3)C2C)c1.O=CNC12CCC(C(F)(F)F)(C1)OC2. The Morgan fingerprint density at radius 1 is 1.12 bits per heavy atom. The Labute approximate surface area is 296 Å². The number of aliphatic imine (C=N–C) groups is 1.